The first kappa shape index (κ1) is 20.8. The summed E-state index contributed by atoms with van der Waals surface area (Å²) < 4.78 is 11.1. The summed E-state index contributed by atoms with van der Waals surface area (Å²) in [4.78, 5) is 16.0. The van der Waals surface area contributed by atoms with Crippen molar-refractivity contribution in [2.45, 2.75) is 13.8 Å². The number of nitrogen functional groups attached to an aromatic ring is 1. The maximum absolute atomic E-state index is 11.8. The van der Waals surface area contributed by atoms with Crippen LogP contribution in [0.3, 0.4) is 0 Å². The molecule has 156 valence electrons. The third-order valence-corrected chi connectivity index (χ3v) is 3.95. The van der Waals surface area contributed by atoms with Crippen LogP contribution in [0.2, 0.25) is 0 Å². The highest BCUT2D eigenvalue weighted by molar-refractivity contribution is 5.73. The lowest BCUT2D eigenvalue weighted by molar-refractivity contribution is 0.199. The van der Waals surface area contributed by atoms with E-state index in [2.05, 4.69) is 15.6 Å². The van der Waals surface area contributed by atoms with Crippen molar-refractivity contribution in [1.82, 2.24) is 10.3 Å². The smallest absolute Gasteiger partial charge is 0.412 e. The lowest BCUT2D eigenvalue weighted by Gasteiger charge is -2.12. The van der Waals surface area contributed by atoms with Gasteiger partial charge in [0.1, 0.15) is 17.2 Å². The van der Waals surface area contributed by atoms with Gasteiger partial charge >= 0.3 is 6.09 Å². The average molecular weight is 408 g/mol. The molecule has 0 aliphatic heterocycles. The maximum Gasteiger partial charge on any atom is 0.412 e. The minimum absolute atomic E-state index is 0.173. The van der Waals surface area contributed by atoms with Crippen LogP contribution in [0, 0.1) is 5.92 Å². The van der Waals surface area contributed by atoms with E-state index in [0.717, 1.165) is 5.69 Å². The van der Waals surface area contributed by atoms with Gasteiger partial charge in [0.15, 0.2) is 0 Å². The number of rotatable bonds is 7. The van der Waals surface area contributed by atoms with Crippen molar-refractivity contribution >= 4 is 23.2 Å². The second kappa shape index (κ2) is 9.51. The fourth-order valence-electron chi connectivity index (χ4n) is 2.46. The molecule has 0 bridgehead atoms. The fraction of sp³-hybridized carbons (Fsp3) is 0.182. The van der Waals surface area contributed by atoms with Gasteiger partial charge in [-0.15, -0.1) is 0 Å². The Morgan fingerprint density at radius 2 is 1.87 bits per heavy atom. The SMILES string of the molecule is CC(C)CNC(=O)Oc1cccc(Oc2cc(Nc3ccc(O)cc3)c(N)cn2)c1. The molecule has 8 heteroatoms. The summed E-state index contributed by atoms with van der Waals surface area (Å²) in [6.45, 7) is 4.53. The first-order valence-electron chi connectivity index (χ1n) is 9.44. The third kappa shape index (κ3) is 6.03. The van der Waals surface area contributed by atoms with Gasteiger partial charge < -0.3 is 30.9 Å². The molecule has 2 aromatic carbocycles. The number of hydrogen-bond acceptors (Lipinski definition) is 7. The molecule has 1 aromatic heterocycles. The summed E-state index contributed by atoms with van der Waals surface area (Å²) in [5.74, 6) is 1.62. The summed E-state index contributed by atoms with van der Waals surface area (Å²) in [7, 11) is 0. The van der Waals surface area contributed by atoms with Gasteiger partial charge in [0.25, 0.3) is 0 Å². The van der Waals surface area contributed by atoms with Crippen LogP contribution in [0.25, 0.3) is 0 Å². The number of aromatic nitrogens is 1. The van der Waals surface area contributed by atoms with Crippen molar-refractivity contribution in [3.05, 3.63) is 60.8 Å². The van der Waals surface area contributed by atoms with Crippen LogP contribution in [0.5, 0.6) is 23.1 Å². The van der Waals surface area contributed by atoms with Crippen molar-refractivity contribution in [1.29, 1.82) is 0 Å². The highest BCUT2D eigenvalue weighted by Crippen LogP contribution is 2.30. The average Bonchev–Trinajstić information content (AvgIpc) is 2.71. The molecule has 0 aliphatic carbocycles. The number of carbonyl (C=O) groups excluding carboxylic acids is 1. The monoisotopic (exact) mass is 408 g/mol. The molecule has 0 spiro atoms. The first-order valence-corrected chi connectivity index (χ1v) is 9.44. The molecule has 0 saturated heterocycles. The van der Waals surface area contributed by atoms with Crippen LogP contribution in [-0.2, 0) is 0 Å². The van der Waals surface area contributed by atoms with Gasteiger partial charge in [-0.25, -0.2) is 9.78 Å². The second-order valence-corrected chi connectivity index (χ2v) is 7.02. The summed E-state index contributed by atoms with van der Waals surface area (Å²) in [6.07, 6.45) is 0.962. The van der Waals surface area contributed by atoms with E-state index < -0.39 is 6.09 Å². The Hall–Kier alpha value is -3.94. The number of anilines is 3. The molecule has 0 fully saturated rings. The largest absolute Gasteiger partial charge is 0.508 e. The van der Waals surface area contributed by atoms with Crippen LogP contribution in [0.4, 0.5) is 21.9 Å². The van der Waals surface area contributed by atoms with Gasteiger partial charge in [0.05, 0.1) is 17.6 Å². The summed E-state index contributed by atoms with van der Waals surface area (Å²) >= 11 is 0. The van der Waals surface area contributed by atoms with E-state index >= 15 is 0 Å². The van der Waals surface area contributed by atoms with E-state index in [1.807, 2.05) is 13.8 Å². The van der Waals surface area contributed by atoms with Gasteiger partial charge in [0.2, 0.25) is 5.88 Å². The van der Waals surface area contributed by atoms with Gasteiger partial charge in [-0.2, -0.15) is 0 Å². The Morgan fingerprint density at radius 1 is 1.13 bits per heavy atom. The quantitative estimate of drug-likeness (QED) is 0.420. The van der Waals surface area contributed by atoms with Crippen LogP contribution in [0.1, 0.15) is 13.8 Å². The van der Waals surface area contributed by atoms with Crippen molar-refractivity contribution < 1.29 is 19.4 Å². The Kier molecular flexibility index (Phi) is 6.59. The van der Waals surface area contributed by atoms with Crippen molar-refractivity contribution in [2.24, 2.45) is 5.92 Å². The van der Waals surface area contributed by atoms with E-state index in [9.17, 15) is 9.90 Å². The molecule has 0 atom stereocenters. The Labute approximate surface area is 174 Å². The van der Waals surface area contributed by atoms with E-state index in [1.54, 1.807) is 54.6 Å². The molecular weight excluding hydrogens is 384 g/mol. The summed E-state index contributed by atoms with van der Waals surface area (Å²) in [6, 6.07) is 14.9. The van der Waals surface area contributed by atoms with Gasteiger partial charge in [0, 0.05) is 24.4 Å². The summed E-state index contributed by atoms with van der Waals surface area (Å²) in [5, 5.41) is 15.2. The number of phenols is 1. The molecule has 1 heterocycles. The Morgan fingerprint density at radius 3 is 2.60 bits per heavy atom. The Bertz CT molecular complexity index is 1010. The van der Waals surface area contributed by atoms with Crippen LogP contribution in [-0.4, -0.2) is 22.7 Å². The number of ether oxygens (including phenoxy) is 2. The molecular formula is C22H24N4O4. The lowest BCUT2D eigenvalue weighted by Crippen LogP contribution is -2.30. The number of carbonyl (C=O) groups is 1. The highest BCUT2D eigenvalue weighted by atomic mass is 16.6. The predicted octanol–water partition coefficient (Wildman–Crippen LogP) is 4.65. The van der Waals surface area contributed by atoms with E-state index in [4.69, 9.17) is 15.2 Å². The number of amides is 1. The van der Waals surface area contributed by atoms with Gasteiger partial charge in [-0.3, -0.25) is 0 Å². The topological polar surface area (TPSA) is 119 Å². The highest BCUT2D eigenvalue weighted by Gasteiger charge is 2.09. The number of nitrogens with one attached hydrogen (secondary N) is 2. The number of nitrogens with zero attached hydrogens (tertiary/aromatic N) is 1. The zero-order chi connectivity index (χ0) is 21.5. The number of benzene rings is 2. The zero-order valence-corrected chi connectivity index (χ0v) is 16.8. The van der Waals surface area contributed by atoms with E-state index in [1.165, 1.54) is 6.20 Å². The number of nitrogens with two attached hydrogens (primary N) is 1. The first-order chi connectivity index (χ1) is 14.4. The lowest BCUT2D eigenvalue weighted by atomic mass is 10.2. The van der Waals surface area contributed by atoms with Gasteiger partial charge in [-0.05, 0) is 42.3 Å². The minimum Gasteiger partial charge on any atom is -0.508 e. The van der Waals surface area contributed by atoms with Crippen LogP contribution in [0.15, 0.2) is 60.8 Å². The molecule has 8 nitrogen and oxygen atoms in total. The molecule has 0 unspecified atom stereocenters. The maximum atomic E-state index is 11.8. The van der Waals surface area contributed by atoms with Crippen LogP contribution < -0.4 is 25.8 Å². The van der Waals surface area contributed by atoms with E-state index in [-0.39, 0.29) is 5.75 Å². The standard InChI is InChI=1S/C22H24N4O4/c1-14(2)12-25-22(28)30-18-5-3-4-17(10-18)29-21-11-20(19(23)13-24-21)26-15-6-8-16(27)9-7-15/h3-11,13-14,27H,12,23H2,1-2H3,(H,24,26)(H,25,28). The van der Waals surface area contributed by atoms with Crippen molar-refractivity contribution in [3.8, 4) is 23.1 Å². The Balaban J connectivity index is 1.69. The molecule has 1 amide bonds. The predicted molar refractivity (Wildman–Crippen MR) is 115 cm³/mol. The van der Waals surface area contributed by atoms with Gasteiger partial charge in [-0.1, -0.05) is 19.9 Å². The fourth-order valence-corrected chi connectivity index (χ4v) is 2.46. The molecule has 3 rings (SSSR count). The van der Waals surface area contributed by atoms with E-state index in [0.29, 0.717) is 41.2 Å². The number of hydrogen-bond donors (Lipinski definition) is 4. The summed E-state index contributed by atoms with van der Waals surface area (Å²) in [5.41, 5.74) is 7.79. The number of phenolic OH excluding ortho intramolecular Hbond substituents is 1. The molecule has 5 N–H and O–H groups in total. The second-order valence-electron chi connectivity index (χ2n) is 7.02. The van der Waals surface area contributed by atoms with Crippen molar-refractivity contribution in [2.75, 3.05) is 17.6 Å². The molecule has 0 aliphatic rings. The normalized spacial score (nSPS) is 10.5. The molecule has 30 heavy (non-hydrogen) atoms. The number of pyridine rings is 1. The van der Waals surface area contributed by atoms with Crippen molar-refractivity contribution in [3.63, 3.8) is 0 Å². The third-order valence-electron chi connectivity index (χ3n) is 3.95. The van der Waals surface area contributed by atoms with Crippen LogP contribution >= 0.6 is 0 Å². The molecule has 3 aromatic rings. The number of aromatic hydroxyl groups is 1. The zero-order valence-electron chi connectivity index (χ0n) is 16.8. The minimum atomic E-state index is -0.521. The molecule has 0 radical (unpaired) electrons. The molecule has 0 saturated carbocycles.